The molecule has 1 aliphatic heterocycles. The second-order valence-corrected chi connectivity index (χ2v) is 10.7. The smallest absolute Gasteiger partial charge is 0.220 e. The van der Waals surface area contributed by atoms with E-state index in [0.29, 0.717) is 22.9 Å². The maximum Gasteiger partial charge on any atom is 0.220 e. The van der Waals surface area contributed by atoms with Crippen molar-refractivity contribution in [3.05, 3.63) is 76.9 Å². The molecule has 7 nitrogen and oxygen atoms in total. The molecular weight excluding hydrogens is 532 g/mol. The minimum absolute atomic E-state index is 0.0370. The first kappa shape index (κ1) is 30.3. The standard InChI is InChI=1S/C23H32N4O2S.C7H5ClO/c1-16(18-6-5-7-19(13-18)29-3)26-22(28)12-17-8-10-27(11-9-17)23-21(24-2)14-20(30-4)15-25-23;8-7-3-1-2-6(4-7)5-9/h5-7,13-17,24H,8-12H2,1-4H3,(H,26,28);1-5H/t16-;/m1./s1. The highest BCUT2D eigenvalue weighted by atomic mass is 35.5. The lowest BCUT2D eigenvalue weighted by Gasteiger charge is -2.33. The Hall–Kier alpha value is -3.23. The monoisotopic (exact) mass is 568 g/mol. The minimum Gasteiger partial charge on any atom is -0.497 e. The van der Waals surface area contributed by atoms with Gasteiger partial charge in [-0.3, -0.25) is 9.59 Å². The van der Waals surface area contributed by atoms with E-state index in [-0.39, 0.29) is 11.9 Å². The topological polar surface area (TPSA) is 83.6 Å². The number of anilines is 2. The first-order chi connectivity index (χ1) is 18.9. The zero-order chi connectivity index (χ0) is 28.2. The zero-order valence-corrected chi connectivity index (χ0v) is 24.5. The Balaban J connectivity index is 0.000000395. The first-order valence-electron chi connectivity index (χ1n) is 13.0. The SMILES string of the molecule is CNc1cc(SC)cnc1N1CCC(CC(=O)N[C@H](C)c2cccc(OC)c2)CC1.O=Cc1cccc(Cl)c1. The van der Waals surface area contributed by atoms with Crippen LogP contribution in [0.4, 0.5) is 11.5 Å². The number of pyridine rings is 1. The summed E-state index contributed by atoms with van der Waals surface area (Å²) in [4.78, 5) is 30.8. The third kappa shape index (κ3) is 9.18. The number of nitrogens with zero attached hydrogens (tertiary/aromatic N) is 2. The summed E-state index contributed by atoms with van der Waals surface area (Å²) < 4.78 is 5.28. The summed E-state index contributed by atoms with van der Waals surface area (Å²) >= 11 is 7.26. The number of benzene rings is 2. The van der Waals surface area contributed by atoms with Gasteiger partial charge in [-0.05, 0) is 67.8 Å². The maximum atomic E-state index is 12.6. The molecule has 0 spiro atoms. The highest BCUT2D eigenvalue weighted by Crippen LogP contribution is 2.31. The summed E-state index contributed by atoms with van der Waals surface area (Å²) in [6, 6.07) is 16.8. The van der Waals surface area contributed by atoms with Crippen LogP contribution in [0.3, 0.4) is 0 Å². The molecule has 1 aliphatic rings. The number of carbonyl (C=O) groups is 2. The Morgan fingerprint density at radius 3 is 2.56 bits per heavy atom. The number of piperidine rings is 1. The average molecular weight is 569 g/mol. The molecule has 3 aromatic rings. The number of ether oxygens (including phenoxy) is 1. The molecule has 208 valence electrons. The van der Waals surface area contributed by atoms with Gasteiger partial charge in [0.25, 0.3) is 0 Å². The van der Waals surface area contributed by atoms with Gasteiger partial charge in [-0.25, -0.2) is 4.98 Å². The molecule has 0 radical (unpaired) electrons. The van der Waals surface area contributed by atoms with Gasteiger partial charge in [-0.15, -0.1) is 11.8 Å². The maximum absolute atomic E-state index is 12.6. The van der Waals surface area contributed by atoms with E-state index in [9.17, 15) is 9.59 Å². The predicted molar refractivity (Wildman–Crippen MR) is 162 cm³/mol. The molecule has 1 atom stereocenters. The van der Waals surface area contributed by atoms with Gasteiger partial charge in [-0.1, -0.05) is 35.9 Å². The molecule has 1 amide bonds. The average Bonchev–Trinajstić information content (AvgIpc) is 2.97. The summed E-state index contributed by atoms with van der Waals surface area (Å²) in [6.45, 7) is 3.85. The number of rotatable bonds is 9. The van der Waals surface area contributed by atoms with Crippen LogP contribution in [0.1, 0.15) is 48.1 Å². The van der Waals surface area contributed by atoms with E-state index in [1.807, 2.05) is 44.4 Å². The fourth-order valence-electron chi connectivity index (χ4n) is 4.47. The lowest BCUT2D eigenvalue weighted by molar-refractivity contribution is -0.122. The van der Waals surface area contributed by atoms with Crippen molar-refractivity contribution in [3.8, 4) is 5.75 Å². The van der Waals surface area contributed by atoms with Crippen LogP contribution < -0.4 is 20.3 Å². The molecule has 1 fully saturated rings. The number of hydrogen-bond acceptors (Lipinski definition) is 7. The van der Waals surface area contributed by atoms with Crippen LogP contribution in [0, 0.1) is 5.92 Å². The van der Waals surface area contributed by atoms with Crippen LogP contribution in [-0.4, -0.2) is 50.7 Å². The number of halogens is 1. The molecular formula is C30H37ClN4O3S. The van der Waals surface area contributed by atoms with Crippen molar-refractivity contribution >= 4 is 47.1 Å². The Morgan fingerprint density at radius 2 is 1.95 bits per heavy atom. The van der Waals surface area contributed by atoms with Gasteiger partial charge in [0, 0.05) is 48.2 Å². The van der Waals surface area contributed by atoms with E-state index in [1.54, 1.807) is 43.1 Å². The quantitative estimate of drug-likeness (QED) is 0.225. The molecule has 0 saturated carbocycles. The minimum atomic E-state index is -0.0370. The second-order valence-electron chi connectivity index (χ2n) is 9.37. The van der Waals surface area contributed by atoms with E-state index in [2.05, 4.69) is 32.8 Å². The van der Waals surface area contributed by atoms with Gasteiger partial charge in [0.05, 0.1) is 18.8 Å². The number of hydrogen-bond donors (Lipinski definition) is 2. The predicted octanol–water partition coefficient (Wildman–Crippen LogP) is 6.49. The van der Waals surface area contributed by atoms with Gasteiger partial charge >= 0.3 is 0 Å². The molecule has 0 bridgehead atoms. The summed E-state index contributed by atoms with van der Waals surface area (Å²) in [5, 5.41) is 7.00. The number of carbonyl (C=O) groups excluding carboxylic acids is 2. The molecule has 2 aromatic carbocycles. The highest BCUT2D eigenvalue weighted by molar-refractivity contribution is 7.98. The van der Waals surface area contributed by atoms with Crippen molar-refractivity contribution in [2.75, 3.05) is 43.7 Å². The van der Waals surface area contributed by atoms with Crippen LogP contribution in [0.5, 0.6) is 5.75 Å². The number of aromatic nitrogens is 1. The molecule has 0 aliphatic carbocycles. The van der Waals surface area contributed by atoms with Crippen molar-refractivity contribution in [2.24, 2.45) is 5.92 Å². The van der Waals surface area contributed by atoms with E-state index in [0.717, 1.165) is 59.9 Å². The van der Waals surface area contributed by atoms with Crippen LogP contribution in [0.15, 0.2) is 65.7 Å². The fourth-order valence-corrected chi connectivity index (χ4v) is 5.06. The Bertz CT molecular complexity index is 1230. The zero-order valence-electron chi connectivity index (χ0n) is 22.9. The van der Waals surface area contributed by atoms with Crippen LogP contribution >= 0.6 is 23.4 Å². The number of thioether (sulfide) groups is 1. The molecule has 39 heavy (non-hydrogen) atoms. The number of aldehydes is 1. The van der Waals surface area contributed by atoms with Gasteiger partial charge in [0.1, 0.15) is 12.0 Å². The molecule has 9 heteroatoms. The van der Waals surface area contributed by atoms with Crippen LogP contribution in [-0.2, 0) is 4.79 Å². The normalized spacial score (nSPS) is 14.0. The van der Waals surface area contributed by atoms with Crippen molar-refractivity contribution in [2.45, 2.75) is 37.1 Å². The largest absolute Gasteiger partial charge is 0.497 e. The first-order valence-corrected chi connectivity index (χ1v) is 14.6. The molecule has 2 heterocycles. The third-order valence-corrected chi connectivity index (χ3v) is 7.62. The van der Waals surface area contributed by atoms with Gasteiger partial charge in [0.15, 0.2) is 5.82 Å². The second kappa shape index (κ2) is 15.4. The van der Waals surface area contributed by atoms with E-state index in [1.165, 1.54) is 0 Å². The van der Waals surface area contributed by atoms with Gasteiger partial charge < -0.3 is 20.3 Å². The Kier molecular flexibility index (Phi) is 12.0. The van der Waals surface area contributed by atoms with Crippen molar-refractivity contribution in [3.63, 3.8) is 0 Å². The van der Waals surface area contributed by atoms with E-state index < -0.39 is 0 Å². The van der Waals surface area contributed by atoms with Crippen LogP contribution in [0.2, 0.25) is 5.02 Å². The number of amides is 1. The summed E-state index contributed by atoms with van der Waals surface area (Å²) in [5.41, 5.74) is 2.73. The van der Waals surface area contributed by atoms with Crippen molar-refractivity contribution in [1.29, 1.82) is 0 Å². The summed E-state index contributed by atoms with van der Waals surface area (Å²) in [5.74, 6) is 2.33. The summed E-state index contributed by atoms with van der Waals surface area (Å²) in [7, 11) is 3.59. The van der Waals surface area contributed by atoms with Crippen molar-refractivity contribution in [1.82, 2.24) is 10.3 Å². The molecule has 1 aromatic heterocycles. The molecule has 4 rings (SSSR count). The molecule has 2 N–H and O–H groups in total. The number of methoxy groups -OCH3 is 1. The van der Waals surface area contributed by atoms with Crippen LogP contribution in [0.25, 0.3) is 0 Å². The van der Waals surface area contributed by atoms with Gasteiger partial charge in [-0.2, -0.15) is 0 Å². The third-order valence-electron chi connectivity index (χ3n) is 6.69. The highest BCUT2D eigenvalue weighted by Gasteiger charge is 2.24. The van der Waals surface area contributed by atoms with E-state index in [4.69, 9.17) is 16.3 Å². The van der Waals surface area contributed by atoms with Gasteiger partial charge in [0.2, 0.25) is 5.91 Å². The Morgan fingerprint density at radius 1 is 1.21 bits per heavy atom. The molecule has 0 unspecified atom stereocenters. The molecule has 1 saturated heterocycles. The van der Waals surface area contributed by atoms with Crippen molar-refractivity contribution < 1.29 is 14.3 Å². The summed E-state index contributed by atoms with van der Waals surface area (Å²) in [6.07, 6.45) is 7.32. The fraction of sp³-hybridized carbons (Fsp3) is 0.367. The number of nitrogens with one attached hydrogen (secondary N) is 2. The Labute approximate surface area is 240 Å². The lowest BCUT2D eigenvalue weighted by atomic mass is 9.93. The van der Waals surface area contributed by atoms with E-state index >= 15 is 0 Å². The lowest BCUT2D eigenvalue weighted by Crippen LogP contribution is -2.37.